The average Bonchev–Trinajstić information content (AvgIpc) is 3.27. The van der Waals surface area contributed by atoms with Crippen LogP contribution in [-0.2, 0) is 19.2 Å². The SMILES string of the molecule is CCC(C)C(NC(=O)C(C)NC(=O)C(CCCN=C(N)N)NC(=O)C1CCCN1)C(=O)O. The van der Waals surface area contributed by atoms with Crippen molar-refractivity contribution in [2.45, 2.75) is 77.0 Å². The fourth-order valence-electron chi connectivity index (χ4n) is 3.29. The maximum atomic E-state index is 12.8. The summed E-state index contributed by atoms with van der Waals surface area (Å²) >= 11 is 0. The predicted octanol–water partition coefficient (Wildman–Crippen LogP) is -1.60. The zero-order valence-corrected chi connectivity index (χ0v) is 19.0. The zero-order valence-electron chi connectivity index (χ0n) is 19.0. The third-order valence-electron chi connectivity index (χ3n) is 5.48. The summed E-state index contributed by atoms with van der Waals surface area (Å²) in [5.74, 6) is -2.93. The van der Waals surface area contributed by atoms with Gasteiger partial charge < -0.3 is 37.8 Å². The fraction of sp³-hybridized carbons (Fsp3) is 0.750. The van der Waals surface area contributed by atoms with E-state index >= 15 is 0 Å². The number of nitrogens with one attached hydrogen (secondary N) is 4. The summed E-state index contributed by atoms with van der Waals surface area (Å²) in [6.45, 7) is 6.03. The topological polar surface area (TPSA) is 201 Å². The Kier molecular flexibility index (Phi) is 11.5. The first-order chi connectivity index (χ1) is 15.1. The maximum absolute atomic E-state index is 12.8. The van der Waals surface area contributed by atoms with Crippen molar-refractivity contribution in [1.82, 2.24) is 21.3 Å². The Bertz CT molecular complexity index is 690. The van der Waals surface area contributed by atoms with Gasteiger partial charge in [0.2, 0.25) is 17.7 Å². The van der Waals surface area contributed by atoms with Crippen molar-refractivity contribution in [2.24, 2.45) is 22.4 Å². The standard InChI is InChI=1S/C20H37N7O5/c1-4-11(2)15(19(31)32)27-16(28)12(3)25-18(30)14(8-6-10-24-20(21)22)26-17(29)13-7-5-9-23-13/h11-15,23H,4-10H2,1-3H3,(H,25,30)(H,26,29)(H,27,28)(H,31,32)(H4,21,22,24). The van der Waals surface area contributed by atoms with E-state index in [0.717, 1.165) is 13.0 Å². The van der Waals surface area contributed by atoms with Crippen LogP contribution in [0.1, 0.15) is 52.9 Å². The molecule has 32 heavy (non-hydrogen) atoms. The molecule has 12 heteroatoms. The zero-order chi connectivity index (χ0) is 24.3. The van der Waals surface area contributed by atoms with Gasteiger partial charge in [-0.15, -0.1) is 0 Å². The number of guanidine groups is 1. The van der Waals surface area contributed by atoms with Gasteiger partial charge in [-0.1, -0.05) is 20.3 Å². The molecule has 0 aromatic rings. The minimum Gasteiger partial charge on any atom is -0.480 e. The van der Waals surface area contributed by atoms with E-state index in [1.165, 1.54) is 6.92 Å². The second-order valence-corrected chi connectivity index (χ2v) is 8.10. The first-order valence-electron chi connectivity index (χ1n) is 11.0. The molecule has 1 fully saturated rings. The van der Waals surface area contributed by atoms with Gasteiger partial charge in [0, 0.05) is 6.54 Å². The minimum absolute atomic E-state index is 0.0650. The maximum Gasteiger partial charge on any atom is 0.326 e. The summed E-state index contributed by atoms with van der Waals surface area (Å²) in [6, 6.07) is -3.31. The van der Waals surface area contributed by atoms with Crippen molar-refractivity contribution < 1.29 is 24.3 Å². The first-order valence-corrected chi connectivity index (χ1v) is 11.0. The molecule has 0 aromatic carbocycles. The van der Waals surface area contributed by atoms with Crippen molar-refractivity contribution in [3.8, 4) is 0 Å². The van der Waals surface area contributed by atoms with Gasteiger partial charge in [0.15, 0.2) is 5.96 Å². The molecule has 1 aliphatic heterocycles. The smallest absolute Gasteiger partial charge is 0.326 e. The number of amides is 3. The average molecular weight is 456 g/mol. The number of carboxylic acids is 1. The van der Waals surface area contributed by atoms with Crippen molar-refractivity contribution in [2.75, 3.05) is 13.1 Å². The summed E-state index contributed by atoms with van der Waals surface area (Å²) in [5, 5.41) is 20.2. The molecule has 1 aliphatic rings. The van der Waals surface area contributed by atoms with Gasteiger partial charge in [0.25, 0.3) is 0 Å². The summed E-state index contributed by atoms with van der Waals surface area (Å²) in [6.07, 6.45) is 2.82. The van der Waals surface area contributed by atoms with E-state index < -0.39 is 35.9 Å². The van der Waals surface area contributed by atoms with Gasteiger partial charge in [0.05, 0.1) is 6.04 Å². The molecule has 5 unspecified atom stereocenters. The molecule has 182 valence electrons. The number of carboxylic acid groups (broad SMARTS) is 1. The number of hydrogen-bond acceptors (Lipinski definition) is 6. The molecule has 0 aromatic heterocycles. The van der Waals surface area contributed by atoms with Gasteiger partial charge in [0.1, 0.15) is 18.1 Å². The molecular formula is C20H37N7O5. The van der Waals surface area contributed by atoms with Crippen LogP contribution < -0.4 is 32.7 Å². The summed E-state index contributed by atoms with van der Waals surface area (Å²) in [5.41, 5.74) is 10.6. The number of nitrogens with two attached hydrogens (primary N) is 2. The Morgan fingerprint density at radius 1 is 1.12 bits per heavy atom. The van der Waals surface area contributed by atoms with Crippen LogP contribution in [0.3, 0.4) is 0 Å². The lowest BCUT2D eigenvalue weighted by molar-refractivity contribution is -0.143. The van der Waals surface area contributed by atoms with E-state index in [1.807, 2.05) is 6.92 Å². The Morgan fingerprint density at radius 2 is 1.81 bits per heavy atom. The molecule has 0 radical (unpaired) electrons. The fourth-order valence-corrected chi connectivity index (χ4v) is 3.29. The number of aliphatic carboxylic acids is 1. The van der Waals surface area contributed by atoms with Crippen molar-refractivity contribution >= 4 is 29.7 Å². The van der Waals surface area contributed by atoms with Gasteiger partial charge in [-0.2, -0.15) is 0 Å². The van der Waals surface area contributed by atoms with E-state index in [1.54, 1.807) is 6.92 Å². The first kappa shape index (κ1) is 27.1. The lowest BCUT2D eigenvalue weighted by atomic mass is 9.99. The monoisotopic (exact) mass is 455 g/mol. The number of carbonyl (C=O) groups is 4. The van der Waals surface area contributed by atoms with E-state index in [2.05, 4.69) is 26.3 Å². The van der Waals surface area contributed by atoms with Crippen LogP contribution in [0.5, 0.6) is 0 Å². The molecule has 12 nitrogen and oxygen atoms in total. The largest absolute Gasteiger partial charge is 0.480 e. The highest BCUT2D eigenvalue weighted by Gasteiger charge is 2.31. The van der Waals surface area contributed by atoms with Crippen LogP contribution in [0.25, 0.3) is 0 Å². The summed E-state index contributed by atoms with van der Waals surface area (Å²) < 4.78 is 0. The second-order valence-electron chi connectivity index (χ2n) is 8.10. The third-order valence-corrected chi connectivity index (χ3v) is 5.48. The van der Waals surface area contributed by atoms with Gasteiger partial charge >= 0.3 is 5.97 Å². The van der Waals surface area contributed by atoms with Crippen LogP contribution >= 0.6 is 0 Å². The van der Waals surface area contributed by atoms with Crippen LogP contribution in [0.4, 0.5) is 0 Å². The van der Waals surface area contributed by atoms with Crippen LogP contribution in [0, 0.1) is 5.92 Å². The highest BCUT2D eigenvalue weighted by atomic mass is 16.4. The Labute approximate surface area is 188 Å². The molecule has 0 spiro atoms. The Balaban J connectivity index is 2.76. The molecule has 1 heterocycles. The van der Waals surface area contributed by atoms with Crippen molar-refractivity contribution in [3.63, 3.8) is 0 Å². The minimum atomic E-state index is -1.14. The second kappa shape index (κ2) is 13.5. The molecule has 1 saturated heterocycles. The number of aliphatic imine (C=N–C) groups is 1. The predicted molar refractivity (Wildman–Crippen MR) is 119 cm³/mol. The lowest BCUT2D eigenvalue weighted by Gasteiger charge is -2.25. The number of rotatable bonds is 13. The van der Waals surface area contributed by atoms with Crippen LogP contribution in [-0.4, -0.2) is 72.0 Å². The quantitative estimate of drug-likeness (QED) is 0.0976. The number of carbonyl (C=O) groups excluding carboxylic acids is 3. The lowest BCUT2D eigenvalue weighted by Crippen LogP contribution is -2.56. The highest BCUT2D eigenvalue weighted by molar-refractivity contribution is 5.94. The van der Waals surface area contributed by atoms with E-state index in [9.17, 15) is 24.3 Å². The van der Waals surface area contributed by atoms with Crippen LogP contribution in [0.15, 0.2) is 4.99 Å². The van der Waals surface area contributed by atoms with Gasteiger partial charge in [-0.25, -0.2) is 4.79 Å². The van der Waals surface area contributed by atoms with Crippen molar-refractivity contribution in [1.29, 1.82) is 0 Å². The third kappa shape index (κ3) is 9.08. The molecule has 3 amide bonds. The molecule has 1 rings (SSSR count). The van der Waals surface area contributed by atoms with E-state index in [4.69, 9.17) is 11.5 Å². The summed E-state index contributed by atoms with van der Waals surface area (Å²) in [7, 11) is 0. The van der Waals surface area contributed by atoms with Gasteiger partial charge in [-0.05, 0) is 45.1 Å². The molecule has 5 atom stereocenters. The molecule has 0 aliphatic carbocycles. The molecule has 0 saturated carbocycles. The van der Waals surface area contributed by atoms with E-state index in [-0.39, 0.29) is 36.8 Å². The summed E-state index contributed by atoms with van der Waals surface area (Å²) in [4.78, 5) is 53.1. The molecule has 0 bridgehead atoms. The van der Waals surface area contributed by atoms with Crippen LogP contribution in [0.2, 0.25) is 0 Å². The molecule has 9 N–H and O–H groups in total. The molecular weight excluding hydrogens is 418 g/mol. The Morgan fingerprint density at radius 3 is 2.34 bits per heavy atom. The number of hydrogen-bond donors (Lipinski definition) is 7. The normalized spacial score (nSPS) is 19.2. The highest BCUT2D eigenvalue weighted by Crippen LogP contribution is 2.09. The Hall–Kier alpha value is -2.89. The van der Waals surface area contributed by atoms with Gasteiger partial charge in [-0.3, -0.25) is 19.4 Å². The van der Waals surface area contributed by atoms with E-state index in [0.29, 0.717) is 19.3 Å². The van der Waals surface area contributed by atoms with Crippen molar-refractivity contribution in [3.05, 3.63) is 0 Å². The number of nitrogens with zero attached hydrogens (tertiary/aromatic N) is 1.